The standard InChI is InChI=1S/C41H44N4O/c1-27(2)44-26-37(43-20-12-11-15-39(43)44)28-21-30(41(6,7)8)23-32(22-28)46-31-16-17-34-33-13-9-10-14-35(33)45(36(34)25-31)38-24-29(18-19-42-38)40(3,4)5/h9-27,39H,1-8H3. The van der Waals surface area contributed by atoms with Crippen LogP contribution >= 0.6 is 0 Å². The minimum atomic E-state index is -0.0534. The highest BCUT2D eigenvalue weighted by molar-refractivity contribution is 6.09. The van der Waals surface area contributed by atoms with Crippen molar-refractivity contribution in [2.75, 3.05) is 0 Å². The van der Waals surface area contributed by atoms with E-state index in [1.165, 1.54) is 27.6 Å². The van der Waals surface area contributed by atoms with Crippen LogP contribution in [0.3, 0.4) is 0 Å². The van der Waals surface area contributed by atoms with Crippen LogP contribution in [0.2, 0.25) is 0 Å². The van der Waals surface area contributed by atoms with E-state index in [-0.39, 0.29) is 17.0 Å². The fourth-order valence-corrected chi connectivity index (χ4v) is 6.56. The van der Waals surface area contributed by atoms with E-state index in [0.29, 0.717) is 6.04 Å². The van der Waals surface area contributed by atoms with Crippen LogP contribution in [0.5, 0.6) is 11.5 Å². The summed E-state index contributed by atoms with van der Waals surface area (Å²) in [4.78, 5) is 9.62. The number of benzene rings is 3. The van der Waals surface area contributed by atoms with Gasteiger partial charge in [-0.1, -0.05) is 65.8 Å². The Balaban J connectivity index is 1.34. The first-order valence-electron chi connectivity index (χ1n) is 16.3. The molecule has 0 fully saturated rings. The van der Waals surface area contributed by atoms with Gasteiger partial charge in [0, 0.05) is 47.0 Å². The Labute approximate surface area is 273 Å². The Morgan fingerprint density at radius 2 is 1.50 bits per heavy atom. The molecule has 7 rings (SSSR count). The lowest BCUT2D eigenvalue weighted by Gasteiger charge is -2.33. The first-order valence-corrected chi connectivity index (χ1v) is 16.3. The number of hydrogen-bond donors (Lipinski definition) is 0. The number of rotatable bonds is 5. The molecule has 0 bridgehead atoms. The summed E-state index contributed by atoms with van der Waals surface area (Å²) in [5.74, 6) is 2.53. The first-order chi connectivity index (χ1) is 21.9. The van der Waals surface area contributed by atoms with Crippen LogP contribution in [0, 0.1) is 0 Å². The zero-order valence-corrected chi connectivity index (χ0v) is 28.2. The van der Waals surface area contributed by atoms with Gasteiger partial charge in [0.2, 0.25) is 0 Å². The zero-order chi connectivity index (χ0) is 32.4. The largest absolute Gasteiger partial charge is 0.457 e. The molecule has 3 aromatic carbocycles. The number of fused-ring (bicyclic) bond motifs is 4. The first kappa shape index (κ1) is 29.9. The molecule has 234 valence electrons. The van der Waals surface area contributed by atoms with Crippen molar-refractivity contribution in [3.63, 3.8) is 0 Å². The molecule has 1 unspecified atom stereocenters. The van der Waals surface area contributed by atoms with Gasteiger partial charge in [-0.3, -0.25) is 4.57 Å². The van der Waals surface area contributed by atoms with Crippen LogP contribution in [-0.2, 0) is 10.8 Å². The highest BCUT2D eigenvalue weighted by Crippen LogP contribution is 2.40. The summed E-state index contributed by atoms with van der Waals surface area (Å²) in [6.45, 7) is 18.0. The van der Waals surface area contributed by atoms with Crippen LogP contribution in [-0.4, -0.2) is 31.6 Å². The molecular weight excluding hydrogens is 564 g/mol. The van der Waals surface area contributed by atoms with Crippen molar-refractivity contribution in [2.24, 2.45) is 0 Å². The van der Waals surface area contributed by atoms with E-state index in [4.69, 9.17) is 9.72 Å². The molecule has 0 N–H and O–H groups in total. The minimum absolute atomic E-state index is 0.0156. The maximum absolute atomic E-state index is 6.77. The van der Waals surface area contributed by atoms with Gasteiger partial charge in [0.1, 0.15) is 23.5 Å². The van der Waals surface area contributed by atoms with Gasteiger partial charge in [-0.05, 0) is 96.5 Å². The van der Waals surface area contributed by atoms with Crippen molar-refractivity contribution in [1.29, 1.82) is 0 Å². The maximum Gasteiger partial charge on any atom is 0.137 e. The van der Waals surface area contributed by atoms with E-state index in [1.54, 1.807) is 0 Å². The van der Waals surface area contributed by atoms with E-state index in [0.717, 1.165) is 33.9 Å². The number of hydrogen-bond acceptors (Lipinski definition) is 4. The van der Waals surface area contributed by atoms with Crippen LogP contribution in [0.25, 0.3) is 33.3 Å². The lowest BCUT2D eigenvalue weighted by Crippen LogP contribution is -2.39. The second-order valence-electron chi connectivity index (χ2n) is 14.9. The van der Waals surface area contributed by atoms with Gasteiger partial charge in [-0.15, -0.1) is 0 Å². The van der Waals surface area contributed by atoms with Gasteiger partial charge < -0.3 is 14.5 Å². The number of para-hydroxylation sites is 1. The maximum atomic E-state index is 6.77. The Kier molecular flexibility index (Phi) is 7.11. The van der Waals surface area contributed by atoms with Crippen molar-refractivity contribution < 1.29 is 4.74 Å². The third-order valence-corrected chi connectivity index (χ3v) is 9.17. The molecule has 0 saturated heterocycles. The van der Waals surface area contributed by atoms with Gasteiger partial charge in [-0.25, -0.2) is 4.98 Å². The molecule has 0 saturated carbocycles. The smallest absolute Gasteiger partial charge is 0.137 e. The second-order valence-corrected chi connectivity index (χ2v) is 14.9. The minimum Gasteiger partial charge on any atom is -0.457 e. The van der Waals surface area contributed by atoms with E-state index >= 15 is 0 Å². The molecule has 2 aliphatic rings. The van der Waals surface area contributed by atoms with Crippen molar-refractivity contribution in [2.45, 2.75) is 78.4 Å². The van der Waals surface area contributed by atoms with E-state index in [1.807, 2.05) is 6.20 Å². The summed E-state index contributed by atoms with van der Waals surface area (Å²) < 4.78 is 9.04. The molecule has 2 aromatic heterocycles. The van der Waals surface area contributed by atoms with Gasteiger partial charge >= 0.3 is 0 Å². The molecule has 4 heterocycles. The lowest BCUT2D eigenvalue weighted by atomic mass is 9.85. The highest BCUT2D eigenvalue weighted by atomic mass is 16.5. The molecule has 5 aromatic rings. The van der Waals surface area contributed by atoms with Crippen molar-refractivity contribution in [1.82, 2.24) is 19.4 Å². The number of aromatic nitrogens is 2. The molecule has 0 aliphatic carbocycles. The molecule has 0 radical (unpaired) electrons. The Morgan fingerprint density at radius 3 is 2.26 bits per heavy atom. The Bertz CT molecular complexity index is 2050. The second kappa shape index (κ2) is 10.9. The predicted octanol–water partition coefficient (Wildman–Crippen LogP) is 10.3. The molecule has 0 spiro atoms. The predicted molar refractivity (Wildman–Crippen MR) is 191 cm³/mol. The molecule has 0 amide bonds. The summed E-state index contributed by atoms with van der Waals surface area (Å²) in [6, 6.07) is 26.4. The fraction of sp³-hybridized carbons (Fsp3) is 0.293. The van der Waals surface area contributed by atoms with Crippen molar-refractivity contribution in [3.05, 3.63) is 126 Å². The summed E-state index contributed by atoms with van der Waals surface area (Å²) in [7, 11) is 0. The average Bonchev–Trinajstić information content (AvgIpc) is 3.56. The lowest BCUT2D eigenvalue weighted by molar-refractivity contribution is 0.203. The van der Waals surface area contributed by atoms with E-state index in [2.05, 4.69) is 173 Å². The number of pyridine rings is 1. The fourth-order valence-electron chi connectivity index (χ4n) is 6.56. The topological polar surface area (TPSA) is 33.5 Å². The number of nitrogens with zero attached hydrogens (tertiary/aromatic N) is 4. The van der Waals surface area contributed by atoms with Crippen molar-refractivity contribution in [3.8, 4) is 17.3 Å². The molecule has 1 atom stereocenters. The zero-order valence-electron chi connectivity index (χ0n) is 28.2. The molecule has 2 aliphatic heterocycles. The average molecular weight is 609 g/mol. The van der Waals surface area contributed by atoms with Gasteiger partial charge in [0.25, 0.3) is 0 Å². The van der Waals surface area contributed by atoms with Crippen LogP contribution in [0.4, 0.5) is 0 Å². The Morgan fingerprint density at radius 1 is 0.739 bits per heavy atom. The summed E-state index contributed by atoms with van der Waals surface area (Å²) >= 11 is 0. The van der Waals surface area contributed by atoms with Gasteiger partial charge in [0.05, 0.1) is 16.7 Å². The third kappa shape index (κ3) is 5.28. The van der Waals surface area contributed by atoms with Crippen LogP contribution < -0.4 is 4.74 Å². The summed E-state index contributed by atoms with van der Waals surface area (Å²) in [6.07, 6.45) is 13.1. The Hall–Kier alpha value is -4.77. The summed E-state index contributed by atoms with van der Waals surface area (Å²) in [5.41, 5.74) is 6.97. The normalized spacial score (nSPS) is 16.5. The van der Waals surface area contributed by atoms with Crippen LogP contribution in [0.15, 0.2) is 110 Å². The molecule has 5 heteroatoms. The third-order valence-electron chi connectivity index (χ3n) is 9.17. The van der Waals surface area contributed by atoms with Gasteiger partial charge in [0.15, 0.2) is 0 Å². The molecule has 5 nitrogen and oxygen atoms in total. The summed E-state index contributed by atoms with van der Waals surface area (Å²) in [5, 5.41) is 2.38. The molecular formula is C41H44N4O. The molecule has 46 heavy (non-hydrogen) atoms. The van der Waals surface area contributed by atoms with Crippen molar-refractivity contribution >= 4 is 27.5 Å². The number of ether oxygens (including phenoxy) is 1. The highest BCUT2D eigenvalue weighted by Gasteiger charge is 2.33. The van der Waals surface area contributed by atoms with Gasteiger partial charge in [-0.2, -0.15) is 0 Å². The number of allylic oxidation sites excluding steroid dienone is 2. The quantitative estimate of drug-likeness (QED) is 0.199. The van der Waals surface area contributed by atoms with E-state index in [9.17, 15) is 0 Å². The monoisotopic (exact) mass is 608 g/mol. The van der Waals surface area contributed by atoms with E-state index < -0.39 is 0 Å². The SMILES string of the molecule is CC(C)N1C=C(c2cc(Oc3ccc4c5ccccc5n(-c5cc(C(C)(C)C)ccn5)c4c3)cc(C(C)(C)C)c2)N2C=CC=CC21. The van der Waals surface area contributed by atoms with Crippen LogP contribution in [0.1, 0.15) is 72.1 Å².